The molecule has 0 spiro atoms. The van der Waals surface area contributed by atoms with Gasteiger partial charge in [0.2, 0.25) is 5.82 Å². The molecule has 1 aromatic carbocycles. The SMILES string of the molecule is CN1CCN(CCCc2ccc([N+](=O)[O-])c(F)c2)CC1. The summed E-state index contributed by atoms with van der Waals surface area (Å²) in [5, 5.41) is 10.5. The average Bonchev–Trinajstić information content (AvgIpc) is 2.41. The van der Waals surface area contributed by atoms with Gasteiger partial charge in [0.15, 0.2) is 0 Å². The average molecular weight is 281 g/mol. The summed E-state index contributed by atoms with van der Waals surface area (Å²) in [6, 6.07) is 4.17. The molecule has 0 bridgehead atoms. The smallest absolute Gasteiger partial charge is 0.304 e. The van der Waals surface area contributed by atoms with Crippen molar-refractivity contribution in [2.45, 2.75) is 12.8 Å². The molecule has 1 heterocycles. The van der Waals surface area contributed by atoms with E-state index < -0.39 is 16.4 Å². The molecule has 0 amide bonds. The summed E-state index contributed by atoms with van der Waals surface area (Å²) < 4.78 is 13.5. The molecule has 0 atom stereocenters. The molecular formula is C14H20FN3O2. The zero-order chi connectivity index (χ0) is 14.5. The van der Waals surface area contributed by atoms with Crippen LogP contribution in [-0.4, -0.2) is 54.5 Å². The predicted molar refractivity (Wildman–Crippen MR) is 75.3 cm³/mol. The highest BCUT2D eigenvalue weighted by Gasteiger charge is 2.15. The first-order valence-corrected chi connectivity index (χ1v) is 6.90. The van der Waals surface area contributed by atoms with Crippen molar-refractivity contribution in [2.75, 3.05) is 39.8 Å². The molecule has 1 aromatic rings. The van der Waals surface area contributed by atoms with Gasteiger partial charge >= 0.3 is 5.69 Å². The fraction of sp³-hybridized carbons (Fsp3) is 0.571. The monoisotopic (exact) mass is 281 g/mol. The van der Waals surface area contributed by atoms with Gasteiger partial charge in [0, 0.05) is 32.2 Å². The van der Waals surface area contributed by atoms with Crippen molar-refractivity contribution in [3.63, 3.8) is 0 Å². The quantitative estimate of drug-likeness (QED) is 0.611. The molecule has 0 radical (unpaired) electrons. The molecule has 1 aliphatic rings. The fourth-order valence-corrected chi connectivity index (χ4v) is 2.43. The predicted octanol–water partition coefficient (Wildman–Crippen LogP) is 1.91. The lowest BCUT2D eigenvalue weighted by Gasteiger charge is -2.32. The Labute approximate surface area is 118 Å². The largest absolute Gasteiger partial charge is 0.304 e. The van der Waals surface area contributed by atoms with Crippen LogP contribution in [0.2, 0.25) is 0 Å². The number of nitro groups is 1. The fourth-order valence-electron chi connectivity index (χ4n) is 2.43. The van der Waals surface area contributed by atoms with Crippen LogP contribution in [0.25, 0.3) is 0 Å². The van der Waals surface area contributed by atoms with Crippen molar-refractivity contribution >= 4 is 5.69 Å². The number of hydrogen-bond donors (Lipinski definition) is 0. The molecule has 0 aromatic heterocycles. The van der Waals surface area contributed by atoms with E-state index in [4.69, 9.17) is 0 Å². The maximum atomic E-state index is 13.5. The summed E-state index contributed by atoms with van der Waals surface area (Å²) in [6.45, 7) is 5.32. The molecule has 0 N–H and O–H groups in total. The van der Waals surface area contributed by atoms with Gasteiger partial charge in [-0.05, 0) is 38.1 Å². The lowest BCUT2D eigenvalue weighted by molar-refractivity contribution is -0.387. The number of halogens is 1. The summed E-state index contributed by atoms with van der Waals surface area (Å²) in [5.74, 6) is -0.743. The maximum absolute atomic E-state index is 13.5. The number of piperazine rings is 1. The van der Waals surface area contributed by atoms with Gasteiger partial charge < -0.3 is 9.80 Å². The van der Waals surface area contributed by atoms with Gasteiger partial charge in [0.1, 0.15) is 0 Å². The van der Waals surface area contributed by atoms with Crippen LogP contribution >= 0.6 is 0 Å². The zero-order valence-electron chi connectivity index (χ0n) is 11.7. The molecule has 20 heavy (non-hydrogen) atoms. The van der Waals surface area contributed by atoms with Crippen molar-refractivity contribution in [3.05, 3.63) is 39.7 Å². The zero-order valence-corrected chi connectivity index (χ0v) is 11.7. The first kappa shape index (κ1) is 14.9. The van der Waals surface area contributed by atoms with Crippen molar-refractivity contribution in [3.8, 4) is 0 Å². The van der Waals surface area contributed by atoms with Gasteiger partial charge in [-0.3, -0.25) is 10.1 Å². The number of rotatable bonds is 5. The number of likely N-dealkylation sites (N-methyl/N-ethyl adjacent to an activating group) is 1. The van der Waals surface area contributed by atoms with Gasteiger partial charge in [-0.25, -0.2) is 0 Å². The molecule has 1 aliphatic heterocycles. The third kappa shape index (κ3) is 3.98. The van der Waals surface area contributed by atoms with Crippen LogP contribution in [-0.2, 0) is 6.42 Å². The van der Waals surface area contributed by atoms with Gasteiger partial charge in [-0.1, -0.05) is 6.07 Å². The molecule has 0 aliphatic carbocycles. The number of hydrogen-bond acceptors (Lipinski definition) is 4. The van der Waals surface area contributed by atoms with E-state index in [1.54, 1.807) is 6.07 Å². The van der Waals surface area contributed by atoms with Gasteiger partial charge in [0.25, 0.3) is 0 Å². The molecule has 0 unspecified atom stereocenters. The van der Waals surface area contributed by atoms with Crippen LogP contribution in [0, 0.1) is 15.9 Å². The van der Waals surface area contributed by atoms with Crippen LogP contribution in [0.15, 0.2) is 18.2 Å². The van der Waals surface area contributed by atoms with Crippen LogP contribution in [0.3, 0.4) is 0 Å². The van der Waals surface area contributed by atoms with Crippen LogP contribution in [0.4, 0.5) is 10.1 Å². The summed E-state index contributed by atoms with van der Waals surface area (Å²) in [5.41, 5.74) is 0.370. The van der Waals surface area contributed by atoms with Crippen molar-refractivity contribution < 1.29 is 9.31 Å². The minimum absolute atomic E-state index is 0.451. The van der Waals surface area contributed by atoms with Crippen molar-refractivity contribution in [2.24, 2.45) is 0 Å². The molecule has 110 valence electrons. The Morgan fingerprint density at radius 2 is 2.00 bits per heavy atom. The Bertz CT molecular complexity index is 473. The van der Waals surface area contributed by atoms with Crippen LogP contribution in [0.5, 0.6) is 0 Å². The summed E-state index contributed by atoms with van der Waals surface area (Å²) in [7, 11) is 2.12. The second-order valence-corrected chi connectivity index (χ2v) is 5.29. The summed E-state index contributed by atoms with van der Waals surface area (Å²) in [4.78, 5) is 14.6. The van der Waals surface area contributed by atoms with E-state index in [1.165, 1.54) is 12.1 Å². The minimum atomic E-state index is -0.743. The number of nitrogens with zero attached hydrogens (tertiary/aromatic N) is 3. The van der Waals surface area contributed by atoms with Crippen LogP contribution < -0.4 is 0 Å². The number of nitro benzene ring substituents is 1. The third-order valence-corrected chi connectivity index (χ3v) is 3.74. The van der Waals surface area contributed by atoms with Crippen molar-refractivity contribution in [1.82, 2.24) is 9.80 Å². The molecular weight excluding hydrogens is 261 g/mol. The van der Waals surface area contributed by atoms with E-state index in [-0.39, 0.29) is 0 Å². The molecule has 1 fully saturated rings. The molecule has 2 rings (SSSR count). The minimum Gasteiger partial charge on any atom is -0.304 e. The summed E-state index contributed by atoms with van der Waals surface area (Å²) in [6.07, 6.45) is 1.70. The Morgan fingerprint density at radius 3 is 2.60 bits per heavy atom. The van der Waals surface area contributed by atoms with E-state index in [1.807, 2.05) is 0 Å². The van der Waals surface area contributed by atoms with E-state index in [2.05, 4.69) is 16.8 Å². The van der Waals surface area contributed by atoms with Crippen LogP contribution in [0.1, 0.15) is 12.0 Å². The lowest BCUT2D eigenvalue weighted by atomic mass is 10.1. The Hall–Kier alpha value is -1.53. The molecule has 5 nitrogen and oxygen atoms in total. The second kappa shape index (κ2) is 6.76. The highest BCUT2D eigenvalue weighted by molar-refractivity contribution is 5.35. The van der Waals surface area contributed by atoms with E-state index in [9.17, 15) is 14.5 Å². The molecule has 6 heteroatoms. The topological polar surface area (TPSA) is 49.6 Å². The van der Waals surface area contributed by atoms with E-state index >= 15 is 0 Å². The highest BCUT2D eigenvalue weighted by Crippen LogP contribution is 2.18. The lowest BCUT2D eigenvalue weighted by Crippen LogP contribution is -2.44. The standard InChI is InChI=1S/C14H20FN3O2/c1-16-7-9-17(10-8-16)6-2-3-12-4-5-14(18(19)20)13(15)11-12/h4-5,11H,2-3,6-10H2,1H3. The maximum Gasteiger partial charge on any atom is 0.304 e. The van der Waals surface area contributed by atoms with Gasteiger partial charge in [-0.15, -0.1) is 0 Å². The van der Waals surface area contributed by atoms with Crippen molar-refractivity contribution in [1.29, 1.82) is 0 Å². The third-order valence-electron chi connectivity index (χ3n) is 3.74. The normalized spacial score (nSPS) is 17.3. The first-order chi connectivity index (χ1) is 9.56. The molecule has 1 saturated heterocycles. The first-order valence-electron chi connectivity index (χ1n) is 6.90. The Kier molecular flexibility index (Phi) is 5.03. The number of benzene rings is 1. The molecule has 0 saturated carbocycles. The second-order valence-electron chi connectivity index (χ2n) is 5.29. The van der Waals surface area contributed by atoms with E-state index in [0.717, 1.165) is 51.1 Å². The Morgan fingerprint density at radius 1 is 1.30 bits per heavy atom. The van der Waals surface area contributed by atoms with Gasteiger partial charge in [0.05, 0.1) is 4.92 Å². The number of aryl methyl sites for hydroxylation is 1. The van der Waals surface area contributed by atoms with Gasteiger partial charge in [-0.2, -0.15) is 4.39 Å². The summed E-state index contributed by atoms with van der Waals surface area (Å²) >= 11 is 0. The highest BCUT2D eigenvalue weighted by atomic mass is 19.1. The van der Waals surface area contributed by atoms with E-state index in [0.29, 0.717) is 0 Å². The Balaban J connectivity index is 1.79.